The van der Waals surface area contributed by atoms with Crippen molar-refractivity contribution in [3.8, 4) is 5.69 Å². The Labute approximate surface area is 174 Å². The summed E-state index contributed by atoms with van der Waals surface area (Å²) >= 11 is 0. The highest BCUT2D eigenvalue weighted by Gasteiger charge is 2.27. The van der Waals surface area contributed by atoms with E-state index < -0.39 is 4.92 Å². The van der Waals surface area contributed by atoms with E-state index in [1.54, 1.807) is 30.2 Å². The number of carbonyl (C=O) groups is 1. The third-order valence-corrected chi connectivity index (χ3v) is 5.52. The second kappa shape index (κ2) is 7.98. The lowest BCUT2D eigenvalue weighted by atomic mass is 10.1. The van der Waals surface area contributed by atoms with Crippen molar-refractivity contribution in [2.75, 3.05) is 31.1 Å². The van der Waals surface area contributed by atoms with E-state index in [9.17, 15) is 14.9 Å². The zero-order valence-electron chi connectivity index (χ0n) is 17.0. The number of carbonyl (C=O) groups excluding carboxylic acids is 1. The lowest BCUT2D eigenvalue weighted by Gasteiger charge is -2.35. The van der Waals surface area contributed by atoms with Crippen LogP contribution in [0.25, 0.3) is 5.69 Å². The smallest absolute Gasteiger partial charge is 0.273 e. The molecule has 1 amide bonds. The van der Waals surface area contributed by atoms with Crippen LogP contribution >= 0.6 is 0 Å². The van der Waals surface area contributed by atoms with E-state index in [1.807, 2.05) is 10.8 Å². The van der Waals surface area contributed by atoms with Crippen LogP contribution in [-0.4, -0.2) is 51.5 Å². The number of aryl methyl sites for hydroxylation is 1. The Morgan fingerprint density at radius 1 is 1.03 bits per heavy atom. The van der Waals surface area contributed by atoms with E-state index in [4.69, 9.17) is 0 Å². The van der Waals surface area contributed by atoms with Gasteiger partial charge in [0.2, 0.25) is 5.95 Å². The minimum absolute atomic E-state index is 0.0281. The zero-order valence-corrected chi connectivity index (χ0v) is 17.0. The van der Waals surface area contributed by atoms with Gasteiger partial charge in [0.1, 0.15) is 0 Å². The first-order valence-corrected chi connectivity index (χ1v) is 9.84. The lowest BCUT2D eigenvalue weighted by Crippen LogP contribution is -2.49. The number of hydrogen-bond acceptors (Lipinski definition) is 5. The van der Waals surface area contributed by atoms with Gasteiger partial charge in [0, 0.05) is 61.5 Å². The molecule has 1 aliphatic rings. The number of nitro groups is 1. The molecule has 1 aliphatic heterocycles. The monoisotopic (exact) mass is 405 g/mol. The number of imidazole rings is 1. The van der Waals surface area contributed by atoms with E-state index in [0.717, 1.165) is 11.6 Å². The molecule has 8 heteroatoms. The van der Waals surface area contributed by atoms with Gasteiger partial charge in [0.25, 0.3) is 11.6 Å². The van der Waals surface area contributed by atoms with E-state index in [1.165, 1.54) is 11.6 Å². The maximum Gasteiger partial charge on any atom is 0.273 e. The molecule has 0 unspecified atom stereocenters. The zero-order chi connectivity index (χ0) is 21.3. The summed E-state index contributed by atoms with van der Waals surface area (Å²) in [4.78, 5) is 32.1. The standard InChI is InChI=1S/C22H23N5O3/c1-16-6-8-18(9-7-16)26-11-10-23-22(26)25-14-12-24(13-15-25)21(28)19-4-3-5-20(17(19)2)27(29)30/h3-11H,12-15H2,1-2H3. The fourth-order valence-corrected chi connectivity index (χ4v) is 3.77. The van der Waals surface area contributed by atoms with Gasteiger partial charge >= 0.3 is 0 Å². The first-order chi connectivity index (χ1) is 14.5. The van der Waals surface area contributed by atoms with Gasteiger partial charge in [0.05, 0.1) is 4.92 Å². The van der Waals surface area contributed by atoms with Gasteiger partial charge in [-0.15, -0.1) is 0 Å². The summed E-state index contributed by atoms with van der Waals surface area (Å²) in [6.07, 6.45) is 3.71. The van der Waals surface area contributed by atoms with Crippen LogP contribution in [0.4, 0.5) is 11.6 Å². The minimum atomic E-state index is -0.449. The number of aromatic nitrogens is 2. The van der Waals surface area contributed by atoms with Crippen molar-refractivity contribution in [2.24, 2.45) is 0 Å². The van der Waals surface area contributed by atoms with Gasteiger partial charge < -0.3 is 9.80 Å². The van der Waals surface area contributed by atoms with Crippen molar-refractivity contribution in [1.29, 1.82) is 0 Å². The molecule has 0 aliphatic carbocycles. The molecule has 0 bridgehead atoms. The Morgan fingerprint density at radius 2 is 1.73 bits per heavy atom. The topological polar surface area (TPSA) is 84.5 Å². The Kier molecular flexibility index (Phi) is 5.22. The summed E-state index contributed by atoms with van der Waals surface area (Å²) in [7, 11) is 0. The van der Waals surface area contributed by atoms with E-state index in [-0.39, 0.29) is 11.6 Å². The third kappa shape index (κ3) is 3.63. The minimum Gasteiger partial charge on any atom is -0.338 e. The molecule has 1 saturated heterocycles. The van der Waals surface area contributed by atoms with E-state index in [0.29, 0.717) is 37.3 Å². The van der Waals surface area contributed by atoms with Crippen LogP contribution in [0.2, 0.25) is 0 Å². The molecule has 0 atom stereocenters. The quantitative estimate of drug-likeness (QED) is 0.491. The Bertz CT molecular complexity index is 1080. The SMILES string of the molecule is Cc1ccc(-n2ccnc2N2CCN(C(=O)c3cccc([N+](=O)[O-])c3C)CC2)cc1. The largest absolute Gasteiger partial charge is 0.338 e. The maximum absolute atomic E-state index is 13.0. The average molecular weight is 405 g/mol. The van der Waals surface area contributed by atoms with Gasteiger partial charge in [-0.2, -0.15) is 0 Å². The number of piperazine rings is 1. The third-order valence-electron chi connectivity index (χ3n) is 5.52. The van der Waals surface area contributed by atoms with Crippen molar-refractivity contribution >= 4 is 17.5 Å². The maximum atomic E-state index is 13.0. The summed E-state index contributed by atoms with van der Waals surface area (Å²) in [5.41, 5.74) is 3.01. The number of nitro benzene ring substituents is 1. The van der Waals surface area contributed by atoms with Gasteiger partial charge in [-0.05, 0) is 32.0 Å². The second-order valence-electron chi connectivity index (χ2n) is 7.42. The number of benzene rings is 2. The van der Waals surface area contributed by atoms with Crippen LogP contribution in [0, 0.1) is 24.0 Å². The first-order valence-electron chi connectivity index (χ1n) is 9.84. The molecule has 30 heavy (non-hydrogen) atoms. The van der Waals surface area contributed by atoms with Gasteiger partial charge in [0.15, 0.2) is 0 Å². The van der Waals surface area contributed by atoms with E-state index in [2.05, 4.69) is 41.1 Å². The van der Waals surface area contributed by atoms with Crippen LogP contribution in [0.5, 0.6) is 0 Å². The van der Waals surface area contributed by atoms with Crippen LogP contribution in [0.15, 0.2) is 54.9 Å². The summed E-state index contributed by atoms with van der Waals surface area (Å²) in [6, 6.07) is 12.9. The van der Waals surface area contributed by atoms with Gasteiger partial charge in [-0.3, -0.25) is 19.5 Å². The fourth-order valence-electron chi connectivity index (χ4n) is 3.77. The molecule has 0 spiro atoms. The van der Waals surface area contributed by atoms with Crippen molar-refractivity contribution in [3.05, 3.63) is 81.7 Å². The molecule has 0 saturated carbocycles. The van der Waals surface area contributed by atoms with Crippen LogP contribution in [0.1, 0.15) is 21.5 Å². The van der Waals surface area contributed by atoms with Crippen LogP contribution in [-0.2, 0) is 0 Å². The Hall–Kier alpha value is -3.68. The Morgan fingerprint density at radius 3 is 2.40 bits per heavy atom. The van der Waals surface area contributed by atoms with Gasteiger partial charge in [-0.1, -0.05) is 23.8 Å². The highest BCUT2D eigenvalue weighted by molar-refractivity contribution is 5.96. The van der Waals surface area contributed by atoms with Crippen LogP contribution < -0.4 is 4.90 Å². The van der Waals surface area contributed by atoms with Crippen molar-refractivity contribution < 1.29 is 9.72 Å². The Balaban J connectivity index is 1.48. The number of nitrogens with zero attached hydrogens (tertiary/aromatic N) is 5. The van der Waals surface area contributed by atoms with Crippen molar-refractivity contribution in [1.82, 2.24) is 14.5 Å². The molecule has 1 aromatic heterocycles. The molecule has 0 radical (unpaired) electrons. The van der Waals surface area contributed by atoms with Gasteiger partial charge in [-0.25, -0.2) is 4.98 Å². The molecule has 4 rings (SSSR count). The van der Waals surface area contributed by atoms with Crippen molar-refractivity contribution in [2.45, 2.75) is 13.8 Å². The highest BCUT2D eigenvalue weighted by Crippen LogP contribution is 2.24. The summed E-state index contributed by atoms with van der Waals surface area (Å²) in [5, 5.41) is 11.2. The second-order valence-corrected chi connectivity index (χ2v) is 7.42. The molecular weight excluding hydrogens is 382 g/mol. The summed E-state index contributed by atoms with van der Waals surface area (Å²) in [6.45, 7) is 6.02. The number of hydrogen-bond donors (Lipinski definition) is 0. The number of rotatable bonds is 4. The number of amides is 1. The molecule has 2 aromatic carbocycles. The summed E-state index contributed by atoms with van der Waals surface area (Å²) in [5.74, 6) is 0.676. The fraction of sp³-hybridized carbons (Fsp3) is 0.273. The first kappa shape index (κ1) is 19.6. The lowest BCUT2D eigenvalue weighted by molar-refractivity contribution is -0.385. The van der Waals surface area contributed by atoms with Crippen LogP contribution in [0.3, 0.4) is 0 Å². The molecule has 154 valence electrons. The molecule has 1 fully saturated rings. The molecule has 3 aromatic rings. The van der Waals surface area contributed by atoms with Crippen molar-refractivity contribution in [3.63, 3.8) is 0 Å². The normalized spacial score (nSPS) is 14.1. The molecular formula is C22H23N5O3. The molecule has 2 heterocycles. The number of anilines is 1. The molecule has 0 N–H and O–H groups in total. The predicted octanol–water partition coefficient (Wildman–Crippen LogP) is 3.36. The van der Waals surface area contributed by atoms with E-state index >= 15 is 0 Å². The predicted molar refractivity (Wildman–Crippen MR) is 114 cm³/mol. The summed E-state index contributed by atoms with van der Waals surface area (Å²) < 4.78 is 2.04. The molecule has 8 nitrogen and oxygen atoms in total. The highest BCUT2D eigenvalue weighted by atomic mass is 16.6. The average Bonchev–Trinajstić information content (AvgIpc) is 3.24.